The Balaban J connectivity index is 1.52. The lowest BCUT2D eigenvalue weighted by Crippen LogP contribution is -2.22. The van der Waals surface area contributed by atoms with Gasteiger partial charge in [-0.2, -0.15) is 5.26 Å². The second kappa shape index (κ2) is 7.97. The van der Waals surface area contributed by atoms with Gasteiger partial charge in [-0.15, -0.1) is 22.7 Å². The van der Waals surface area contributed by atoms with Gasteiger partial charge in [-0.25, -0.2) is 9.97 Å². The van der Waals surface area contributed by atoms with Gasteiger partial charge in [0.05, 0.1) is 21.0 Å². The van der Waals surface area contributed by atoms with E-state index >= 15 is 0 Å². The van der Waals surface area contributed by atoms with E-state index in [1.54, 1.807) is 22.7 Å². The van der Waals surface area contributed by atoms with E-state index < -0.39 is 0 Å². The van der Waals surface area contributed by atoms with Gasteiger partial charge in [-0.3, -0.25) is 4.79 Å². The molecule has 138 valence electrons. The van der Waals surface area contributed by atoms with Crippen molar-refractivity contribution < 1.29 is 4.79 Å². The van der Waals surface area contributed by atoms with Crippen LogP contribution in [0.3, 0.4) is 0 Å². The van der Waals surface area contributed by atoms with Crippen molar-refractivity contribution in [3.63, 3.8) is 0 Å². The summed E-state index contributed by atoms with van der Waals surface area (Å²) < 4.78 is 1.00. The van der Waals surface area contributed by atoms with Gasteiger partial charge in [0, 0.05) is 4.88 Å². The highest BCUT2D eigenvalue weighted by molar-refractivity contribution is 8.00. The maximum Gasteiger partial charge on any atom is 0.238 e. The summed E-state index contributed by atoms with van der Waals surface area (Å²) in [5, 5.41) is 15.8. The Hall–Kier alpha value is -1.95. The number of nitrogens with one attached hydrogen (secondary N) is 1. The lowest BCUT2D eigenvalue weighted by molar-refractivity contribution is -0.115. The Kier molecular flexibility index (Phi) is 5.43. The number of aromatic nitrogens is 2. The summed E-state index contributed by atoms with van der Waals surface area (Å²) in [5.41, 5.74) is 2.70. The fourth-order valence-corrected chi connectivity index (χ4v) is 6.31. The molecule has 8 heteroatoms. The average Bonchev–Trinajstić information content (AvgIpc) is 3.20. The Morgan fingerprint density at radius 2 is 2.19 bits per heavy atom. The summed E-state index contributed by atoms with van der Waals surface area (Å²) in [6.07, 6.45) is 6.95. The van der Waals surface area contributed by atoms with Crippen molar-refractivity contribution in [3.8, 4) is 6.07 Å². The van der Waals surface area contributed by atoms with E-state index in [9.17, 15) is 10.1 Å². The zero-order valence-corrected chi connectivity index (χ0v) is 17.3. The highest BCUT2D eigenvalue weighted by Gasteiger charge is 2.23. The normalized spacial score (nSPS) is 15.0. The molecule has 0 saturated carbocycles. The molecular formula is C19H18N4OS3. The predicted molar refractivity (Wildman–Crippen MR) is 112 cm³/mol. The molecule has 27 heavy (non-hydrogen) atoms. The number of nitriles is 1. The van der Waals surface area contributed by atoms with E-state index in [2.05, 4.69) is 21.4 Å². The number of nitrogens with zero attached hydrogens (tertiary/aromatic N) is 3. The molecule has 1 amide bonds. The first-order chi connectivity index (χ1) is 13.2. The number of hydrogen-bond donors (Lipinski definition) is 1. The van der Waals surface area contributed by atoms with Gasteiger partial charge in [0.15, 0.2) is 0 Å². The maximum atomic E-state index is 12.8. The molecule has 3 aromatic heterocycles. The number of anilines is 1. The number of amides is 1. The van der Waals surface area contributed by atoms with Crippen molar-refractivity contribution in [1.82, 2.24) is 9.97 Å². The molecule has 0 saturated heterocycles. The van der Waals surface area contributed by atoms with E-state index in [4.69, 9.17) is 0 Å². The first-order valence-electron chi connectivity index (χ1n) is 8.87. The third-order valence-corrected chi connectivity index (χ3v) is 7.99. The molecule has 1 aliphatic rings. The van der Waals surface area contributed by atoms with Crippen LogP contribution in [-0.2, 0) is 17.6 Å². The molecule has 1 aliphatic carbocycles. The molecule has 3 heterocycles. The SMILES string of the molecule is CC(Sc1ncnc2ccsc12)C(=O)Nc1sc2c(c1C#N)CCCCC2. The summed E-state index contributed by atoms with van der Waals surface area (Å²) in [5.74, 6) is -0.101. The molecule has 0 fully saturated rings. The molecule has 1 N–H and O–H groups in total. The second-order valence-corrected chi connectivity index (χ2v) is 9.79. The Bertz CT molecular complexity index is 1030. The smallest absolute Gasteiger partial charge is 0.238 e. The monoisotopic (exact) mass is 414 g/mol. The van der Waals surface area contributed by atoms with Crippen molar-refractivity contribution in [2.24, 2.45) is 0 Å². The van der Waals surface area contributed by atoms with Crippen LogP contribution < -0.4 is 5.32 Å². The minimum Gasteiger partial charge on any atom is -0.316 e. The second-order valence-electron chi connectivity index (χ2n) is 6.44. The van der Waals surface area contributed by atoms with Crippen molar-refractivity contribution >= 4 is 55.6 Å². The number of fused-ring (bicyclic) bond motifs is 2. The third-order valence-electron chi connectivity index (χ3n) is 4.64. The van der Waals surface area contributed by atoms with Crippen LogP contribution in [0.4, 0.5) is 5.00 Å². The predicted octanol–water partition coefficient (Wildman–Crippen LogP) is 5.01. The van der Waals surface area contributed by atoms with E-state index in [0.29, 0.717) is 10.6 Å². The number of rotatable bonds is 4. The van der Waals surface area contributed by atoms with Crippen LogP contribution in [-0.4, -0.2) is 21.1 Å². The topological polar surface area (TPSA) is 78.7 Å². The number of hydrogen-bond acceptors (Lipinski definition) is 7. The zero-order chi connectivity index (χ0) is 18.8. The minimum absolute atomic E-state index is 0.101. The first-order valence-corrected chi connectivity index (χ1v) is 11.5. The van der Waals surface area contributed by atoms with E-state index in [1.165, 1.54) is 29.4 Å². The van der Waals surface area contributed by atoms with Crippen molar-refractivity contribution in [1.29, 1.82) is 5.26 Å². The Morgan fingerprint density at radius 3 is 3.04 bits per heavy atom. The van der Waals surface area contributed by atoms with E-state index in [1.807, 2.05) is 18.4 Å². The molecule has 0 aliphatic heterocycles. The Morgan fingerprint density at radius 1 is 1.33 bits per heavy atom. The molecule has 0 spiro atoms. The number of thiophene rings is 2. The third kappa shape index (κ3) is 3.72. The standard InChI is InChI=1S/C19H18N4OS3/c1-11(26-19-16-14(7-8-25-16)21-10-22-19)17(24)23-18-13(9-20)12-5-3-2-4-6-15(12)27-18/h7-8,10-11H,2-6H2,1H3,(H,23,24). The number of carbonyl (C=O) groups excluding carboxylic acids is 1. The van der Waals surface area contributed by atoms with Gasteiger partial charge in [-0.05, 0) is 49.6 Å². The number of thioether (sulfide) groups is 1. The zero-order valence-electron chi connectivity index (χ0n) is 14.8. The summed E-state index contributed by atoms with van der Waals surface area (Å²) in [6, 6.07) is 4.27. The highest BCUT2D eigenvalue weighted by atomic mass is 32.2. The van der Waals surface area contributed by atoms with Crippen LogP contribution in [0, 0.1) is 11.3 Å². The number of aryl methyl sites for hydroxylation is 1. The lowest BCUT2D eigenvalue weighted by Gasteiger charge is -2.11. The molecular weight excluding hydrogens is 396 g/mol. The van der Waals surface area contributed by atoms with Crippen molar-refractivity contribution in [3.05, 3.63) is 33.8 Å². The lowest BCUT2D eigenvalue weighted by atomic mass is 10.1. The van der Waals surface area contributed by atoms with Gasteiger partial charge in [0.2, 0.25) is 5.91 Å². The molecule has 3 aromatic rings. The van der Waals surface area contributed by atoms with Crippen LogP contribution in [0.2, 0.25) is 0 Å². The summed E-state index contributed by atoms with van der Waals surface area (Å²) in [6.45, 7) is 1.87. The van der Waals surface area contributed by atoms with Gasteiger partial charge in [0.25, 0.3) is 0 Å². The number of carbonyl (C=O) groups is 1. The van der Waals surface area contributed by atoms with Crippen molar-refractivity contribution in [2.75, 3.05) is 5.32 Å². The fraction of sp³-hybridized carbons (Fsp3) is 0.368. The highest BCUT2D eigenvalue weighted by Crippen LogP contribution is 2.38. The van der Waals surface area contributed by atoms with Gasteiger partial charge in [0.1, 0.15) is 22.4 Å². The van der Waals surface area contributed by atoms with Crippen LogP contribution in [0.5, 0.6) is 0 Å². The minimum atomic E-state index is -0.321. The molecule has 5 nitrogen and oxygen atoms in total. The van der Waals surface area contributed by atoms with Crippen LogP contribution >= 0.6 is 34.4 Å². The molecule has 1 unspecified atom stereocenters. The van der Waals surface area contributed by atoms with E-state index in [-0.39, 0.29) is 11.2 Å². The maximum absolute atomic E-state index is 12.8. The first kappa shape index (κ1) is 18.4. The van der Waals surface area contributed by atoms with Crippen molar-refractivity contribution in [2.45, 2.75) is 49.3 Å². The molecule has 0 aromatic carbocycles. The molecule has 1 atom stereocenters. The molecule has 4 rings (SSSR count). The van der Waals surface area contributed by atoms with Crippen LogP contribution in [0.1, 0.15) is 42.2 Å². The largest absolute Gasteiger partial charge is 0.316 e. The Labute approximate surface area is 169 Å². The fourth-order valence-electron chi connectivity index (χ4n) is 3.23. The average molecular weight is 415 g/mol. The van der Waals surface area contributed by atoms with Gasteiger partial charge < -0.3 is 5.32 Å². The molecule has 0 radical (unpaired) electrons. The van der Waals surface area contributed by atoms with Gasteiger partial charge in [-0.1, -0.05) is 18.2 Å². The van der Waals surface area contributed by atoms with Crippen LogP contribution in [0.15, 0.2) is 22.8 Å². The molecule has 0 bridgehead atoms. The van der Waals surface area contributed by atoms with Crippen LogP contribution in [0.25, 0.3) is 10.2 Å². The summed E-state index contributed by atoms with van der Waals surface area (Å²) in [7, 11) is 0. The quantitative estimate of drug-likeness (QED) is 0.369. The van der Waals surface area contributed by atoms with Gasteiger partial charge >= 0.3 is 0 Å². The summed E-state index contributed by atoms with van der Waals surface area (Å²) >= 11 is 4.57. The summed E-state index contributed by atoms with van der Waals surface area (Å²) in [4.78, 5) is 22.6. The van der Waals surface area contributed by atoms with E-state index in [0.717, 1.165) is 46.5 Å².